The number of aliphatic hydroxyl groups is 1. The first-order chi connectivity index (χ1) is 8.78. The molecule has 1 aliphatic heterocycles. The van der Waals surface area contributed by atoms with Gasteiger partial charge in [-0.05, 0) is 31.6 Å². The number of hydrogen-bond acceptors (Lipinski definition) is 4. The van der Waals surface area contributed by atoms with E-state index in [1.54, 1.807) is 11.0 Å². The minimum atomic E-state index is -0.0659. The highest BCUT2D eigenvalue weighted by Crippen LogP contribution is 2.40. The third-order valence-electron chi connectivity index (χ3n) is 3.79. The Kier molecular flexibility index (Phi) is 3.07. The Labute approximate surface area is 106 Å². The summed E-state index contributed by atoms with van der Waals surface area (Å²) in [7, 11) is 0. The highest BCUT2D eigenvalue weighted by Gasteiger charge is 2.31. The summed E-state index contributed by atoms with van der Waals surface area (Å²) in [5.41, 5.74) is 0.412. The van der Waals surface area contributed by atoms with E-state index in [0.717, 1.165) is 38.0 Å². The van der Waals surface area contributed by atoms with E-state index in [1.807, 2.05) is 0 Å². The van der Waals surface area contributed by atoms with Gasteiger partial charge in [-0.25, -0.2) is 0 Å². The molecule has 0 bridgehead atoms. The fraction of sp³-hybridized carbons (Fsp3) is 0.692. The minimum Gasteiger partial charge on any atom is -0.396 e. The van der Waals surface area contributed by atoms with Gasteiger partial charge in [-0.1, -0.05) is 5.16 Å². The van der Waals surface area contributed by atoms with Crippen LogP contribution in [0.25, 0.3) is 0 Å². The smallest absolute Gasteiger partial charge is 0.276 e. The molecular formula is C13H18N2O3. The maximum atomic E-state index is 12.2. The standard InChI is InChI=1S/C13H18N2O3/c16-8-9-2-1-5-15(7-9)13(17)11-6-12(18-14-11)10-3-4-10/h6,9-10,16H,1-5,7-8H2. The second-order valence-electron chi connectivity index (χ2n) is 5.33. The minimum absolute atomic E-state index is 0.0659. The fourth-order valence-electron chi connectivity index (χ4n) is 2.51. The van der Waals surface area contributed by atoms with Gasteiger partial charge in [-0.3, -0.25) is 4.79 Å². The molecule has 0 aromatic carbocycles. The number of carbonyl (C=O) groups excluding carboxylic acids is 1. The highest BCUT2D eigenvalue weighted by atomic mass is 16.5. The van der Waals surface area contributed by atoms with Crippen molar-refractivity contribution in [1.82, 2.24) is 10.1 Å². The van der Waals surface area contributed by atoms with Crippen molar-refractivity contribution < 1.29 is 14.4 Å². The number of aliphatic hydroxyl groups excluding tert-OH is 1. The molecule has 2 heterocycles. The zero-order chi connectivity index (χ0) is 12.5. The average molecular weight is 250 g/mol. The summed E-state index contributed by atoms with van der Waals surface area (Å²) in [4.78, 5) is 14.0. The summed E-state index contributed by atoms with van der Waals surface area (Å²) in [6.45, 7) is 1.53. The molecule has 2 fully saturated rings. The van der Waals surface area contributed by atoms with Crippen LogP contribution in [0.5, 0.6) is 0 Å². The number of likely N-dealkylation sites (tertiary alicyclic amines) is 1. The molecule has 3 rings (SSSR count). The molecule has 1 N–H and O–H groups in total. The Hall–Kier alpha value is -1.36. The molecule has 18 heavy (non-hydrogen) atoms. The van der Waals surface area contributed by atoms with E-state index in [4.69, 9.17) is 4.52 Å². The van der Waals surface area contributed by atoms with E-state index in [2.05, 4.69) is 5.16 Å². The lowest BCUT2D eigenvalue weighted by Crippen LogP contribution is -2.41. The Bertz CT molecular complexity index is 439. The van der Waals surface area contributed by atoms with E-state index >= 15 is 0 Å². The third-order valence-corrected chi connectivity index (χ3v) is 3.79. The van der Waals surface area contributed by atoms with Crippen LogP contribution in [0.2, 0.25) is 0 Å². The van der Waals surface area contributed by atoms with Crippen LogP contribution in [0.15, 0.2) is 10.6 Å². The van der Waals surface area contributed by atoms with E-state index in [9.17, 15) is 9.90 Å². The number of rotatable bonds is 3. The van der Waals surface area contributed by atoms with Crippen LogP contribution < -0.4 is 0 Å². The zero-order valence-corrected chi connectivity index (χ0v) is 10.3. The lowest BCUT2D eigenvalue weighted by molar-refractivity contribution is 0.0610. The van der Waals surface area contributed by atoms with Gasteiger partial charge in [-0.2, -0.15) is 0 Å². The van der Waals surface area contributed by atoms with Crippen molar-refractivity contribution in [1.29, 1.82) is 0 Å². The van der Waals surface area contributed by atoms with Gasteiger partial charge in [0.15, 0.2) is 5.69 Å². The summed E-state index contributed by atoms with van der Waals surface area (Å²) >= 11 is 0. The maximum Gasteiger partial charge on any atom is 0.276 e. The molecule has 0 radical (unpaired) electrons. The van der Waals surface area contributed by atoms with Crippen LogP contribution in [0.1, 0.15) is 47.8 Å². The first kappa shape index (κ1) is 11.7. The molecule has 1 saturated heterocycles. The van der Waals surface area contributed by atoms with Crippen LogP contribution in [-0.2, 0) is 0 Å². The van der Waals surface area contributed by atoms with Crippen LogP contribution >= 0.6 is 0 Å². The van der Waals surface area contributed by atoms with E-state index in [1.165, 1.54) is 0 Å². The predicted octanol–water partition coefficient (Wildman–Crippen LogP) is 1.40. The van der Waals surface area contributed by atoms with E-state index in [0.29, 0.717) is 18.2 Å². The van der Waals surface area contributed by atoms with Crippen molar-refractivity contribution in [2.45, 2.75) is 31.6 Å². The van der Waals surface area contributed by atoms with Gasteiger partial charge >= 0.3 is 0 Å². The first-order valence-electron chi connectivity index (χ1n) is 6.64. The lowest BCUT2D eigenvalue weighted by atomic mass is 9.99. The van der Waals surface area contributed by atoms with Crippen molar-refractivity contribution in [3.8, 4) is 0 Å². The summed E-state index contributed by atoms with van der Waals surface area (Å²) in [5, 5.41) is 13.0. The van der Waals surface area contributed by atoms with Gasteiger partial charge in [0, 0.05) is 31.7 Å². The van der Waals surface area contributed by atoms with Gasteiger partial charge in [0.2, 0.25) is 0 Å². The van der Waals surface area contributed by atoms with Gasteiger partial charge in [0.05, 0.1) is 0 Å². The molecule has 1 aromatic heterocycles. The largest absolute Gasteiger partial charge is 0.396 e. The van der Waals surface area contributed by atoms with Crippen molar-refractivity contribution in [2.24, 2.45) is 5.92 Å². The quantitative estimate of drug-likeness (QED) is 0.880. The molecule has 1 aliphatic carbocycles. The molecular weight excluding hydrogens is 232 g/mol. The molecule has 0 spiro atoms. The normalized spacial score (nSPS) is 24.3. The molecule has 5 heteroatoms. The molecule has 5 nitrogen and oxygen atoms in total. The Balaban J connectivity index is 1.68. The number of nitrogens with zero attached hydrogens (tertiary/aromatic N) is 2. The van der Waals surface area contributed by atoms with E-state index in [-0.39, 0.29) is 18.4 Å². The van der Waals surface area contributed by atoms with Crippen LogP contribution in [-0.4, -0.2) is 40.8 Å². The summed E-state index contributed by atoms with van der Waals surface area (Å²) in [5.74, 6) is 1.46. The van der Waals surface area contributed by atoms with Gasteiger partial charge in [-0.15, -0.1) is 0 Å². The molecule has 1 aromatic rings. The number of aromatic nitrogens is 1. The van der Waals surface area contributed by atoms with Crippen molar-refractivity contribution in [3.63, 3.8) is 0 Å². The highest BCUT2D eigenvalue weighted by molar-refractivity contribution is 5.92. The molecule has 2 aliphatic rings. The Morgan fingerprint density at radius 3 is 3.06 bits per heavy atom. The maximum absolute atomic E-state index is 12.2. The summed E-state index contributed by atoms with van der Waals surface area (Å²) in [6, 6.07) is 1.78. The van der Waals surface area contributed by atoms with Crippen molar-refractivity contribution >= 4 is 5.91 Å². The lowest BCUT2D eigenvalue weighted by Gasteiger charge is -2.31. The SMILES string of the molecule is O=C(c1cc(C2CC2)on1)N1CCCC(CO)C1. The fourth-order valence-corrected chi connectivity index (χ4v) is 2.51. The van der Waals surface area contributed by atoms with Gasteiger partial charge < -0.3 is 14.5 Å². The third kappa shape index (κ3) is 2.27. The average Bonchev–Trinajstić information content (AvgIpc) is 3.16. The Morgan fingerprint density at radius 1 is 1.50 bits per heavy atom. The number of carbonyl (C=O) groups is 1. The number of amides is 1. The van der Waals surface area contributed by atoms with Crippen LogP contribution in [0.4, 0.5) is 0 Å². The molecule has 1 amide bonds. The van der Waals surface area contributed by atoms with Gasteiger partial charge in [0.1, 0.15) is 5.76 Å². The zero-order valence-electron chi connectivity index (χ0n) is 10.3. The predicted molar refractivity (Wildman–Crippen MR) is 64.2 cm³/mol. The number of piperidine rings is 1. The monoisotopic (exact) mass is 250 g/mol. The van der Waals surface area contributed by atoms with Gasteiger partial charge in [0.25, 0.3) is 5.91 Å². The molecule has 1 unspecified atom stereocenters. The molecule has 1 atom stereocenters. The van der Waals surface area contributed by atoms with Crippen LogP contribution in [0.3, 0.4) is 0 Å². The van der Waals surface area contributed by atoms with E-state index < -0.39 is 0 Å². The topological polar surface area (TPSA) is 66.6 Å². The molecule has 98 valence electrons. The summed E-state index contributed by atoms with van der Waals surface area (Å²) < 4.78 is 5.21. The second-order valence-corrected chi connectivity index (χ2v) is 5.33. The molecule has 1 saturated carbocycles. The van der Waals surface area contributed by atoms with Crippen LogP contribution in [0, 0.1) is 5.92 Å². The summed E-state index contributed by atoms with van der Waals surface area (Å²) in [6.07, 6.45) is 4.22. The van der Waals surface area contributed by atoms with Crippen molar-refractivity contribution in [2.75, 3.05) is 19.7 Å². The van der Waals surface area contributed by atoms with Crippen molar-refractivity contribution in [3.05, 3.63) is 17.5 Å². The number of hydrogen-bond donors (Lipinski definition) is 1. The first-order valence-corrected chi connectivity index (χ1v) is 6.64. The second kappa shape index (κ2) is 4.72. The Morgan fingerprint density at radius 2 is 2.33 bits per heavy atom.